The van der Waals surface area contributed by atoms with Crippen LogP contribution in [0.5, 0.6) is 5.75 Å². The highest BCUT2D eigenvalue weighted by molar-refractivity contribution is 5.86. The molecule has 1 aromatic carbocycles. The van der Waals surface area contributed by atoms with E-state index in [2.05, 4.69) is 4.98 Å². The summed E-state index contributed by atoms with van der Waals surface area (Å²) in [5.74, 6) is 0.420. The number of aromatic amines is 1. The van der Waals surface area contributed by atoms with E-state index >= 15 is 0 Å². The molecule has 0 bridgehead atoms. The van der Waals surface area contributed by atoms with Crippen LogP contribution in [-0.4, -0.2) is 25.2 Å². The molecule has 0 radical (unpaired) electrons. The van der Waals surface area contributed by atoms with Crippen LogP contribution >= 0.6 is 0 Å². The first-order valence-corrected chi connectivity index (χ1v) is 6.40. The van der Waals surface area contributed by atoms with E-state index in [1.807, 2.05) is 24.4 Å². The molecule has 20 heavy (non-hydrogen) atoms. The van der Waals surface area contributed by atoms with Crippen molar-refractivity contribution in [3.05, 3.63) is 30.0 Å². The number of nitrogens with one attached hydrogen (secondary N) is 1. The summed E-state index contributed by atoms with van der Waals surface area (Å²) in [7, 11) is 2.99. The zero-order chi connectivity index (χ0) is 14.9. The van der Waals surface area contributed by atoms with Crippen molar-refractivity contribution >= 4 is 16.9 Å². The smallest absolute Gasteiger partial charge is 0.313 e. The van der Waals surface area contributed by atoms with E-state index in [0.717, 1.165) is 22.2 Å². The van der Waals surface area contributed by atoms with E-state index in [1.165, 1.54) is 7.11 Å². The van der Waals surface area contributed by atoms with Gasteiger partial charge in [-0.15, -0.1) is 0 Å². The Morgan fingerprint density at radius 1 is 1.35 bits per heavy atom. The number of aromatic nitrogens is 1. The molecule has 1 atom stereocenters. The molecule has 0 aliphatic carbocycles. The Labute approximate surface area is 118 Å². The highest BCUT2D eigenvalue weighted by Gasteiger charge is 2.37. The molecule has 5 heteroatoms. The fourth-order valence-corrected chi connectivity index (χ4v) is 2.28. The zero-order valence-corrected chi connectivity index (χ0v) is 12.2. The van der Waals surface area contributed by atoms with Crippen LogP contribution in [0.15, 0.2) is 24.4 Å². The van der Waals surface area contributed by atoms with E-state index in [1.54, 1.807) is 21.0 Å². The van der Waals surface area contributed by atoms with E-state index in [9.17, 15) is 4.79 Å². The van der Waals surface area contributed by atoms with Gasteiger partial charge in [-0.05, 0) is 37.6 Å². The number of carbonyl (C=O) groups is 1. The predicted octanol–water partition coefficient (Wildman–Crippen LogP) is 2.38. The molecule has 0 aliphatic rings. The van der Waals surface area contributed by atoms with Crippen molar-refractivity contribution in [3.63, 3.8) is 0 Å². The lowest BCUT2D eigenvalue weighted by atomic mass is 9.81. The highest BCUT2D eigenvalue weighted by Crippen LogP contribution is 2.36. The summed E-state index contributed by atoms with van der Waals surface area (Å²) >= 11 is 0. The van der Waals surface area contributed by atoms with Crippen molar-refractivity contribution in [1.29, 1.82) is 0 Å². The lowest BCUT2D eigenvalue weighted by Gasteiger charge is -2.28. The van der Waals surface area contributed by atoms with Crippen molar-refractivity contribution in [2.45, 2.75) is 19.9 Å². The van der Waals surface area contributed by atoms with Gasteiger partial charge in [0.2, 0.25) is 0 Å². The number of nitrogens with two attached hydrogens (primary N) is 1. The minimum absolute atomic E-state index is 0.331. The minimum atomic E-state index is -0.813. The van der Waals surface area contributed by atoms with Crippen molar-refractivity contribution in [3.8, 4) is 5.75 Å². The molecule has 0 amide bonds. The van der Waals surface area contributed by atoms with Crippen LogP contribution in [0.25, 0.3) is 10.9 Å². The lowest BCUT2D eigenvalue weighted by molar-refractivity contribution is -0.152. The topological polar surface area (TPSA) is 77.3 Å². The number of hydrogen-bond acceptors (Lipinski definition) is 4. The van der Waals surface area contributed by atoms with Gasteiger partial charge in [-0.25, -0.2) is 0 Å². The van der Waals surface area contributed by atoms with Gasteiger partial charge in [0, 0.05) is 23.1 Å². The molecule has 2 rings (SSSR count). The molecule has 0 spiro atoms. The number of rotatable bonds is 4. The Morgan fingerprint density at radius 2 is 2.05 bits per heavy atom. The molecule has 1 aromatic heterocycles. The average molecular weight is 276 g/mol. The van der Waals surface area contributed by atoms with Gasteiger partial charge in [-0.2, -0.15) is 0 Å². The van der Waals surface area contributed by atoms with Gasteiger partial charge >= 0.3 is 5.97 Å². The first-order chi connectivity index (χ1) is 9.41. The highest BCUT2D eigenvalue weighted by atomic mass is 16.5. The third-order valence-electron chi connectivity index (χ3n) is 3.74. The predicted molar refractivity (Wildman–Crippen MR) is 77.6 cm³/mol. The summed E-state index contributed by atoms with van der Waals surface area (Å²) < 4.78 is 10.1. The first-order valence-electron chi connectivity index (χ1n) is 6.40. The minimum Gasteiger partial charge on any atom is -0.497 e. The molecular formula is C15H20N2O3. The van der Waals surface area contributed by atoms with Gasteiger partial charge in [0.15, 0.2) is 0 Å². The van der Waals surface area contributed by atoms with E-state index in [4.69, 9.17) is 15.2 Å². The third kappa shape index (κ3) is 2.25. The normalized spacial score (nSPS) is 13.2. The lowest BCUT2D eigenvalue weighted by Crippen LogP contribution is -2.37. The van der Waals surface area contributed by atoms with Gasteiger partial charge in [0.1, 0.15) is 5.75 Å². The first kappa shape index (κ1) is 14.4. The van der Waals surface area contributed by atoms with Gasteiger partial charge in [-0.3, -0.25) is 4.79 Å². The van der Waals surface area contributed by atoms with Crippen LogP contribution in [0.2, 0.25) is 0 Å². The maximum absolute atomic E-state index is 11.9. The second kappa shape index (κ2) is 5.17. The summed E-state index contributed by atoms with van der Waals surface area (Å²) in [6, 6.07) is 5.24. The van der Waals surface area contributed by atoms with Gasteiger partial charge in [-0.1, -0.05) is 0 Å². The summed E-state index contributed by atoms with van der Waals surface area (Å²) in [6.45, 7) is 3.56. The van der Waals surface area contributed by atoms with Gasteiger partial charge < -0.3 is 20.2 Å². The SMILES string of the molecule is COC(=O)C(C)(C)[C@H](N)c1c[nH]c2ccc(OC)cc12. The number of H-pyrrole nitrogens is 1. The van der Waals surface area contributed by atoms with Crippen molar-refractivity contribution in [1.82, 2.24) is 4.98 Å². The second-order valence-corrected chi connectivity index (χ2v) is 5.35. The van der Waals surface area contributed by atoms with Crippen LogP contribution in [0.4, 0.5) is 0 Å². The molecule has 0 aliphatic heterocycles. The summed E-state index contributed by atoms with van der Waals surface area (Å²) in [5.41, 5.74) is 7.30. The van der Waals surface area contributed by atoms with E-state index in [-0.39, 0.29) is 5.97 Å². The molecule has 3 N–H and O–H groups in total. The second-order valence-electron chi connectivity index (χ2n) is 5.35. The molecular weight excluding hydrogens is 256 g/mol. The Balaban J connectivity index is 2.49. The fraction of sp³-hybridized carbons (Fsp3) is 0.400. The van der Waals surface area contributed by atoms with E-state index < -0.39 is 11.5 Å². The maximum atomic E-state index is 11.9. The van der Waals surface area contributed by atoms with Gasteiger partial charge in [0.05, 0.1) is 19.6 Å². The molecule has 2 aromatic rings. The maximum Gasteiger partial charge on any atom is 0.313 e. The van der Waals surface area contributed by atoms with Gasteiger partial charge in [0.25, 0.3) is 0 Å². The quantitative estimate of drug-likeness (QED) is 0.840. The number of hydrogen-bond donors (Lipinski definition) is 2. The summed E-state index contributed by atoms with van der Waals surface area (Å²) in [4.78, 5) is 15.1. The number of methoxy groups -OCH3 is 2. The summed E-state index contributed by atoms with van der Waals surface area (Å²) in [6.07, 6.45) is 1.83. The Bertz CT molecular complexity index is 631. The standard InChI is InChI=1S/C15H20N2O3/c1-15(2,14(18)20-4)13(16)11-8-17-12-6-5-9(19-3)7-10(11)12/h5-8,13,17H,16H2,1-4H3/t13-/m1/s1. The molecule has 0 unspecified atom stereocenters. The average Bonchev–Trinajstić information content (AvgIpc) is 2.87. The monoisotopic (exact) mass is 276 g/mol. The molecule has 0 saturated heterocycles. The van der Waals surface area contributed by atoms with Crippen LogP contribution in [0, 0.1) is 5.41 Å². The number of benzene rings is 1. The number of esters is 1. The van der Waals surface area contributed by atoms with Crippen LogP contribution in [-0.2, 0) is 9.53 Å². The Kier molecular flexibility index (Phi) is 3.72. The number of fused-ring (bicyclic) bond motifs is 1. The Morgan fingerprint density at radius 3 is 2.65 bits per heavy atom. The van der Waals surface area contributed by atoms with Crippen LogP contribution in [0.3, 0.4) is 0 Å². The molecule has 0 saturated carbocycles. The number of ether oxygens (including phenoxy) is 2. The van der Waals surface area contributed by atoms with Crippen LogP contribution in [0.1, 0.15) is 25.5 Å². The van der Waals surface area contributed by atoms with Crippen LogP contribution < -0.4 is 10.5 Å². The van der Waals surface area contributed by atoms with E-state index in [0.29, 0.717) is 0 Å². The third-order valence-corrected chi connectivity index (χ3v) is 3.74. The Hall–Kier alpha value is -2.01. The molecule has 1 heterocycles. The summed E-state index contributed by atoms with van der Waals surface area (Å²) in [5, 5.41) is 0.953. The number of carbonyl (C=O) groups excluding carboxylic acids is 1. The fourth-order valence-electron chi connectivity index (χ4n) is 2.28. The molecule has 5 nitrogen and oxygen atoms in total. The molecule has 108 valence electrons. The molecule has 0 fully saturated rings. The zero-order valence-electron chi connectivity index (χ0n) is 12.2. The largest absolute Gasteiger partial charge is 0.497 e. The van der Waals surface area contributed by atoms with Crippen molar-refractivity contribution in [2.24, 2.45) is 11.1 Å². The van der Waals surface area contributed by atoms with Crippen molar-refractivity contribution < 1.29 is 14.3 Å². The van der Waals surface area contributed by atoms with Crippen molar-refractivity contribution in [2.75, 3.05) is 14.2 Å².